The van der Waals surface area contributed by atoms with Gasteiger partial charge in [-0.1, -0.05) is 78.9 Å². The molecule has 120 valence electrons. The summed E-state index contributed by atoms with van der Waals surface area (Å²) < 4.78 is 0. The van der Waals surface area contributed by atoms with Gasteiger partial charge in [0.2, 0.25) is 0 Å². The highest BCUT2D eigenvalue weighted by Gasteiger charge is 2.29. The lowest BCUT2D eigenvalue weighted by Crippen LogP contribution is -2.45. The van der Waals surface area contributed by atoms with E-state index >= 15 is 0 Å². The Morgan fingerprint density at radius 3 is 1.88 bits per heavy atom. The van der Waals surface area contributed by atoms with Gasteiger partial charge >= 0.3 is 0 Å². The maximum Gasteiger partial charge on any atom is 0.251 e. The van der Waals surface area contributed by atoms with E-state index in [1.54, 1.807) is 0 Å². The average molecular weight is 315 g/mol. The van der Waals surface area contributed by atoms with E-state index in [0.29, 0.717) is 5.56 Å². The maximum atomic E-state index is 12.7. The Labute approximate surface area is 143 Å². The molecular weight excluding hydrogens is 294 g/mol. The first-order chi connectivity index (χ1) is 11.7. The minimum atomic E-state index is -0.477. The number of hydrogen-bond donors (Lipinski definition) is 1. The van der Waals surface area contributed by atoms with Gasteiger partial charge in [-0.3, -0.25) is 4.79 Å². The van der Waals surface area contributed by atoms with E-state index in [1.165, 1.54) is 5.56 Å². The quantitative estimate of drug-likeness (QED) is 0.734. The van der Waals surface area contributed by atoms with Crippen molar-refractivity contribution < 1.29 is 4.79 Å². The van der Waals surface area contributed by atoms with E-state index in [1.807, 2.05) is 66.7 Å². The minimum absolute atomic E-state index is 0.0575. The van der Waals surface area contributed by atoms with Crippen molar-refractivity contribution in [2.24, 2.45) is 0 Å². The van der Waals surface area contributed by atoms with Crippen molar-refractivity contribution in [1.29, 1.82) is 0 Å². The number of rotatable bonds is 5. The molecule has 0 fully saturated rings. The second kappa shape index (κ2) is 7.14. The van der Waals surface area contributed by atoms with Crippen LogP contribution in [0.3, 0.4) is 0 Å². The SMILES string of the molecule is CC(Cc1ccccc1)(NC(=O)c1ccccc1)c1ccccc1. The third-order valence-corrected chi connectivity index (χ3v) is 4.24. The van der Waals surface area contributed by atoms with Crippen LogP contribution in [0.15, 0.2) is 91.0 Å². The number of carbonyl (C=O) groups excluding carboxylic acids is 1. The van der Waals surface area contributed by atoms with Crippen molar-refractivity contribution in [3.8, 4) is 0 Å². The van der Waals surface area contributed by atoms with Gasteiger partial charge in [0.1, 0.15) is 0 Å². The van der Waals surface area contributed by atoms with E-state index < -0.39 is 5.54 Å². The van der Waals surface area contributed by atoms with Crippen molar-refractivity contribution in [2.75, 3.05) is 0 Å². The lowest BCUT2D eigenvalue weighted by molar-refractivity contribution is 0.0904. The van der Waals surface area contributed by atoms with E-state index in [9.17, 15) is 4.79 Å². The molecule has 3 aromatic carbocycles. The smallest absolute Gasteiger partial charge is 0.251 e. The monoisotopic (exact) mass is 315 g/mol. The molecule has 2 nitrogen and oxygen atoms in total. The Bertz CT molecular complexity index is 784. The molecule has 0 aliphatic carbocycles. The standard InChI is InChI=1S/C22H21NO/c1-22(20-15-9-4-10-16-20,17-18-11-5-2-6-12-18)23-21(24)19-13-7-3-8-14-19/h2-16H,17H2,1H3,(H,23,24). The predicted octanol–water partition coefficient (Wildman–Crippen LogP) is 4.57. The van der Waals surface area contributed by atoms with Gasteiger partial charge in [-0.05, 0) is 36.6 Å². The minimum Gasteiger partial charge on any atom is -0.342 e. The normalized spacial score (nSPS) is 13.0. The molecular formula is C22H21NO. The molecule has 1 N–H and O–H groups in total. The van der Waals surface area contributed by atoms with E-state index in [0.717, 1.165) is 12.0 Å². The molecule has 1 atom stereocenters. The summed E-state index contributed by atoms with van der Waals surface area (Å²) in [6.07, 6.45) is 0.733. The summed E-state index contributed by atoms with van der Waals surface area (Å²) in [5, 5.41) is 3.24. The second-order valence-corrected chi connectivity index (χ2v) is 6.18. The fourth-order valence-corrected chi connectivity index (χ4v) is 2.94. The van der Waals surface area contributed by atoms with Crippen LogP contribution in [0.25, 0.3) is 0 Å². The van der Waals surface area contributed by atoms with E-state index in [2.05, 4.69) is 36.5 Å². The Hall–Kier alpha value is -2.87. The molecule has 0 saturated heterocycles. The van der Waals surface area contributed by atoms with Crippen LogP contribution in [0.1, 0.15) is 28.4 Å². The molecule has 0 aromatic heterocycles. The van der Waals surface area contributed by atoms with Crippen LogP contribution >= 0.6 is 0 Å². The van der Waals surface area contributed by atoms with Crippen LogP contribution in [-0.4, -0.2) is 5.91 Å². The lowest BCUT2D eigenvalue weighted by Gasteiger charge is -2.32. The van der Waals surface area contributed by atoms with Crippen molar-refractivity contribution in [3.05, 3.63) is 108 Å². The molecule has 3 aromatic rings. The Morgan fingerprint density at radius 1 is 0.792 bits per heavy atom. The molecule has 0 aliphatic rings. The molecule has 0 spiro atoms. The van der Waals surface area contributed by atoms with E-state index in [4.69, 9.17) is 0 Å². The second-order valence-electron chi connectivity index (χ2n) is 6.18. The molecule has 1 unspecified atom stereocenters. The van der Waals surface area contributed by atoms with Crippen molar-refractivity contribution in [3.63, 3.8) is 0 Å². The highest BCUT2D eigenvalue weighted by atomic mass is 16.1. The van der Waals surface area contributed by atoms with Crippen LogP contribution in [0.2, 0.25) is 0 Å². The van der Waals surface area contributed by atoms with Crippen LogP contribution in [0.4, 0.5) is 0 Å². The first kappa shape index (κ1) is 16.0. The van der Waals surface area contributed by atoms with Gasteiger partial charge in [0.25, 0.3) is 5.91 Å². The largest absolute Gasteiger partial charge is 0.342 e. The molecule has 1 amide bonds. The summed E-state index contributed by atoms with van der Waals surface area (Å²) in [5.41, 5.74) is 2.48. The number of carbonyl (C=O) groups is 1. The molecule has 2 heteroatoms. The van der Waals surface area contributed by atoms with Crippen LogP contribution < -0.4 is 5.32 Å². The molecule has 0 heterocycles. The van der Waals surface area contributed by atoms with Crippen molar-refractivity contribution >= 4 is 5.91 Å². The number of nitrogens with one attached hydrogen (secondary N) is 1. The van der Waals surface area contributed by atoms with Gasteiger partial charge < -0.3 is 5.32 Å². The summed E-state index contributed by atoms with van der Waals surface area (Å²) in [6.45, 7) is 2.08. The molecule has 0 saturated carbocycles. The highest BCUT2D eigenvalue weighted by Crippen LogP contribution is 2.26. The molecule has 24 heavy (non-hydrogen) atoms. The number of benzene rings is 3. The molecule has 0 radical (unpaired) electrons. The topological polar surface area (TPSA) is 29.1 Å². The molecule has 0 bridgehead atoms. The molecule has 0 aliphatic heterocycles. The summed E-state index contributed by atoms with van der Waals surface area (Å²) in [6, 6.07) is 29.7. The predicted molar refractivity (Wildman–Crippen MR) is 97.8 cm³/mol. The van der Waals surface area contributed by atoms with Gasteiger partial charge in [0, 0.05) is 5.56 Å². The van der Waals surface area contributed by atoms with Gasteiger partial charge in [-0.15, -0.1) is 0 Å². The fourth-order valence-electron chi connectivity index (χ4n) is 2.94. The third-order valence-electron chi connectivity index (χ3n) is 4.24. The maximum absolute atomic E-state index is 12.7. The Balaban J connectivity index is 1.92. The average Bonchev–Trinajstić information content (AvgIpc) is 2.64. The highest BCUT2D eigenvalue weighted by molar-refractivity contribution is 5.94. The van der Waals surface area contributed by atoms with Crippen molar-refractivity contribution in [2.45, 2.75) is 18.9 Å². The van der Waals surface area contributed by atoms with Crippen LogP contribution in [0, 0.1) is 0 Å². The fraction of sp³-hybridized carbons (Fsp3) is 0.136. The number of amides is 1. The first-order valence-corrected chi connectivity index (χ1v) is 8.14. The first-order valence-electron chi connectivity index (χ1n) is 8.14. The van der Waals surface area contributed by atoms with Crippen molar-refractivity contribution in [1.82, 2.24) is 5.32 Å². The summed E-state index contributed by atoms with van der Waals surface area (Å²) in [4.78, 5) is 12.7. The zero-order valence-electron chi connectivity index (χ0n) is 13.8. The van der Waals surface area contributed by atoms with Gasteiger partial charge in [0.15, 0.2) is 0 Å². The number of hydrogen-bond acceptors (Lipinski definition) is 1. The zero-order valence-corrected chi connectivity index (χ0v) is 13.8. The summed E-state index contributed by atoms with van der Waals surface area (Å²) >= 11 is 0. The summed E-state index contributed by atoms with van der Waals surface area (Å²) in [5.74, 6) is -0.0575. The lowest BCUT2D eigenvalue weighted by atomic mass is 9.85. The zero-order chi connectivity index (χ0) is 16.8. The van der Waals surface area contributed by atoms with Gasteiger partial charge in [0.05, 0.1) is 5.54 Å². The van der Waals surface area contributed by atoms with Gasteiger partial charge in [-0.25, -0.2) is 0 Å². The Kier molecular flexibility index (Phi) is 4.76. The van der Waals surface area contributed by atoms with E-state index in [-0.39, 0.29) is 5.91 Å². The Morgan fingerprint density at radius 2 is 1.29 bits per heavy atom. The third kappa shape index (κ3) is 3.72. The summed E-state index contributed by atoms with van der Waals surface area (Å²) in [7, 11) is 0. The van der Waals surface area contributed by atoms with Crippen LogP contribution in [0.5, 0.6) is 0 Å². The van der Waals surface area contributed by atoms with Gasteiger partial charge in [-0.2, -0.15) is 0 Å². The van der Waals surface area contributed by atoms with Crippen LogP contribution in [-0.2, 0) is 12.0 Å². The molecule has 3 rings (SSSR count).